The fourth-order valence-electron chi connectivity index (χ4n) is 2.70. The fraction of sp³-hybridized carbons (Fsp3) is 0.167. The number of aryl methyl sites for hydroxylation is 1. The third-order valence-electron chi connectivity index (χ3n) is 4.45. The molecule has 0 unspecified atom stereocenters. The molecular formula is C24H24N2O4. The summed E-state index contributed by atoms with van der Waals surface area (Å²) < 4.78 is 16.2. The van der Waals surface area contributed by atoms with E-state index in [1.165, 1.54) is 11.8 Å². The summed E-state index contributed by atoms with van der Waals surface area (Å²) in [6, 6.07) is 20.4. The van der Waals surface area contributed by atoms with Crippen molar-refractivity contribution in [3.05, 3.63) is 89.0 Å². The Morgan fingerprint density at radius 1 is 0.933 bits per heavy atom. The average molecular weight is 404 g/mol. The van der Waals surface area contributed by atoms with Crippen molar-refractivity contribution in [2.75, 3.05) is 14.2 Å². The molecule has 0 bridgehead atoms. The lowest BCUT2D eigenvalue weighted by atomic mass is 10.2. The van der Waals surface area contributed by atoms with Crippen LogP contribution in [0.25, 0.3) is 0 Å². The summed E-state index contributed by atoms with van der Waals surface area (Å²) in [5.41, 5.74) is 6.02. The van der Waals surface area contributed by atoms with Crippen molar-refractivity contribution < 1.29 is 19.0 Å². The van der Waals surface area contributed by atoms with Crippen molar-refractivity contribution in [2.45, 2.75) is 13.5 Å². The van der Waals surface area contributed by atoms with E-state index in [0.717, 1.165) is 11.1 Å². The van der Waals surface area contributed by atoms with E-state index in [1.54, 1.807) is 56.7 Å². The highest BCUT2D eigenvalue weighted by Gasteiger charge is 2.06. The average Bonchev–Trinajstić information content (AvgIpc) is 2.79. The molecule has 0 heterocycles. The van der Waals surface area contributed by atoms with Gasteiger partial charge in [-0.15, -0.1) is 0 Å². The number of carbonyl (C=O) groups is 1. The van der Waals surface area contributed by atoms with E-state index in [4.69, 9.17) is 14.2 Å². The SMILES string of the molecule is COc1ccc(C=NNC(=O)c2ccc(OCc3ccc(C)cc3)cc2)c(OC)c1. The monoisotopic (exact) mass is 404 g/mol. The molecular weight excluding hydrogens is 380 g/mol. The van der Waals surface area contributed by atoms with Crippen molar-refractivity contribution in [2.24, 2.45) is 5.10 Å². The normalized spacial score (nSPS) is 10.6. The summed E-state index contributed by atoms with van der Waals surface area (Å²) in [5.74, 6) is 1.66. The first-order valence-corrected chi connectivity index (χ1v) is 9.43. The lowest BCUT2D eigenvalue weighted by Crippen LogP contribution is -2.17. The molecule has 6 heteroatoms. The Hall–Kier alpha value is -3.80. The van der Waals surface area contributed by atoms with E-state index < -0.39 is 0 Å². The van der Waals surface area contributed by atoms with E-state index >= 15 is 0 Å². The summed E-state index contributed by atoms with van der Waals surface area (Å²) in [6.45, 7) is 2.52. The summed E-state index contributed by atoms with van der Waals surface area (Å²) >= 11 is 0. The van der Waals surface area contributed by atoms with Crippen LogP contribution >= 0.6 is 0 Å². The van der Waals surface area contributed by atoms with Crippen LogP contribution in [-0.2, 0) is 6.61 Å². The second-order valence-corrected chi connectivity index (χ2v) is 6.61. The summed E-state index contributed by atoms with van der Waals surface area (Å²) in [4.78, 5) is 12.3. The molecule has 0 saturated heterocycles. The van der Waals surface area contributed by atoms with Crippen LogP contribution in [0, 0.1) is 6.92 Å². The molecule has 0 aliphatic rings. The maximum absolute atomic E-state index is 12.3. The molecule has 6 nitrogen and oxygen atoms in total. The number of methoxy groups -OCH3 is 2. The third-order valence-corrected chi connectivity index (χ3v) is 4.45. The van der Waals surface area contributed by atoms with Crippen LogP contribution in [0.5, 0.6) is 17.2 Å². The van der Waals surface area contributed by atoms with Gasteiger partial charge in [-0.1, -0.05) is 29.8 Å². The molecule has 1 N–H and O–H groups in total. The minimum Gasteiger partial charge on any atom is -0.497 e. The molecule has 0 saturated carbocycles. The van der Waals surface area contributed by atoms with Gasteiger partial charge in [0.25, 0.3) is 5.91 Å². The number of carbonyl (C=O) groups excluding carboxylic acids is 1. The van der Waals surface area contributed by atoms with Crippen LogP contribution in [0.3, 0.4) is 0 Å². The lowest BCUT2D eigenvalue weighted by Gasteiger charge is -2.08. The van der Waals surface area contributed by atoms with Crippen LogP contribution in [-0.4, -0.2) is 26.3 Å². The lowest BCUT2D eigenvalue weighted by molar-refractivity contribution is 0.0955. The Labute approximate surface area is 176 Å². The van der Waals surface area contributed by atoms with Crippen molar-refractivity contribution >= 4 is 12.1 Å². The Morgan fingerprint density at radius 2 is 1.63 bits per heavy atom. The summed E-state index contributed by atoms with van der Waals surface area (Å²) in [5, 5.41) is 4.01. The highest BCUT2D eigenvalue weighted by Crippen LogP contribution is 2.23. The number of amides is 1. The molecule has 0 fully saturated rings. The van der Waals surface area contributed by atoms with E-state index in [-0.39, 0.29) is 5.91 Å². The highest BCUT2D eigenvalue weighted by atomic mass is 16.5. The Balaban J connectivity index is 1.55. The predicted molar refractivity (Wildman–Crippen MR) is 117 cm³/mol. The number of rotatable bonds is 8. The number of hydrazone groups is 1. The van der Waals surface area contributed by atoms with Gasteiger partial charge in [-0.05, 0) is 48.9 Å². The molecule has 0 aliphatic heterocycles. The molecule has 1 amide bonds. The van der Waals surface area contributed by atoms with Crippen molar-refractivity contribution in [1.82, 2.24) is 5.43 Å². The second kappa shape index (κ2) is 10.1. The van der Waals surface area contributed by atoms with Gasteiger partial charge in [-0.2, -0.15) is 5.10 Å². The molecule has 3 rings (SSSR count). The predicted octanol–water partition coefficient (Wildman–Crippen LogP) is 4.36. The second-order valence-electron chi connectivity index (χ2n) is 6.61. The number of hydrogen-bond acceptors (Lipinski definition) is 5. The molecule has 3 aromatic rings. The minimum absolute atomic E-state index is 0.316. The molecule has 0 aliphatic carbocycles. The number of nitrogens with zero attached hydrogens (tertiary/aromatic N) is 1. The Bertz CT molecular complexity index is 1010. The highest BCUT2D eigenvalue weighted by molar-refractivity contribution is 5.95. The van der Waals surface area contributed by atoms with Gasteiger partial charge in [-0.3, -0.25) is 4.79 Å². The van der Waals surface area contributed by atoms with Crippen LogP contribution in [0.1, 0.15) is 27.0 Å². The summed E-state index contributed by atoms with van der Waals surface area (Å²) in [7, 11) is 3.15. The standard InChI is InChI=1S/C24H24N2O4/c1-17-4-6-18(7-5-17)16-30-21-11-8-19(9-12-21)24(27)26-25-15-20-10-13-22(28-2)14-23(20)29-3/h4-15H,16H2,1-3H3,(H,26,27). The van der Waals surface area contributed by atoms with E-state index in [0.29, 0.717) is 29.4 Å². The first-order chi connectivity index (χ1) is 14.6. The van der Waals surface area contributed by atoms with Crippen LogP contribution < -0.4 is 19.6 Å². The Kier molecular flexibility index (Phi) is 7.05. The summed E-state index contributed by atoms with van der Waals surface area (Å²) in [6.07, 6.45) is 1.52. The molecule has 0 aromatic heterocycles. The molecule has 0 radical (unpaired) electrons. The number of ether oxygens (including phenoxy) is 3. The van der Waals surface area contributed by atoms with Gasteiger partial charge in [0.2, 0.25) is 0 Å². The zero-order chi connectivity index (χ0) is 21.3. The molecule has 0 atom stereocenters. The molecule has 30 heavy (non-hydrogen) atoms. The zero-order valence-corrected chi connectivity index (χ0v) is 17.2. The number of benzene rings is 3. The number of nitrogens with one attached hydrogen (secondary N) is 1. The van der Waals surface area contributed by atoms with Crippen LogP contribution in [0.15, 0.2) is 71.8 Å². The van der Waals surface area contributed by atoms with Gasteiger partial charge in [0.15, 0.2) is 0 Å². The van der Waals surface area contributed by atoms with Gasteiger partial charge < -0.3 is 14.2 Å². The first-order valence-electron chi connectivity index (χ1n) is 9.43. The van der Waals surface area contributed by atoms with Gasteiger partial charge in [-0.25, -0.2) is 5.43 Å². The maximum atomic E-state index is 12.3. The zero-order valence-electron chi connectivity index (χ0n) is 17.2. The van der Waals surface area contributed by atoms with Crippen LogP contribution in [0.4, 0.5) is 0 Å². The van der Waals surface area contributed by atoms with E-state index in [1.807, 2.05) is 31.2 Å². The van der Waals surface area contributed by atoms with Crippen molar-refractivity contribution in [3.8, 4) is 17.2 Å². The van der Waals surface area contributed by atoms with Gasteiger partial charge in [0, 0.05) is 17.2 Å². The molecule has 3 aromatic carbocycles. The fourth-order valence-corrected chi connectivity index (χ4v) is 2.70. The van der Waals surface area contributed by atoms with E-state index in [2.05, 4.69) is 10.5 Å². The van der Waals surface area contributed by atoms with Crippen LogP contribution in [0.2, 0.25) is 0 Å². The molecule has 154 valence electrons. The van der Waals surface area contributed by atoms with Crippen molar-refractivity contribution in [1.29, 1.82) is 0 Å². The largest absolute Gasteiger partial charge is 0.497 e. The van der Waals surface area contributed by atoms with Gasteiger partial charge in [0.1, 0.15) is 23.9 Å². The third kappa shape index (κ3) is 5.61. The van der Waals surface area contributed by atoms with Crippen molar-refractivity contribution in [3.63, 3.8) is 0 Å². The van der Waals surface area contributed by atoms with Gasteiger partial charge >= 0.3 is 0 Å². The quantitative estimate of drug-likeness (QED) is 0.448. The topological polar surface area (TPSA) is 69.2 Å². The smallest absolute Gasteiger partial charge is 0.271 e. The van der Waals surface area contributed by atoms with E-state index in [9.17, 15) is 4.79 Å². The first kappa shape index (κ1) is 20.9. The van der Waals surface area contributed by atoms with Gasteiger partial charge in [0.05, 0.1) is 20.4 Å². The maximum Gasteiger partial charge on any atom is 0.271 e. The Morgan fingerprint density at radius 3 is 2.30 bits per heavy atom. The number of hydrogen-bond donors (Lipinski definition) is 1. The molecule has 0 spiro atoms. The minimum atomic E-state index is -0.316.